The smallest absolute Gasteiger partial charge is 0.289 e. The second-order valence-electron chi connectivity index (χ2n) is 11.0. The summed E-state index contributed by atoms with van der Waals surface area (Å²) in [7, 11) is 0. The molecule has 42 heavy (non-hydrogen) atoms. The maximum Gasteiger partial charge on any atom is 0.289 e. The van der Waals surface area contributed by atoms with Crippen molar-refractivity contribution in [1.29, 1.82) is 0 Å². The zero-order chi connectivity index (χ0) is 30.8. The lowest BCUT2D eigenvalue weighted by Crippen LogP contribution is -2.57. The topological polar surface area (TPSA) is 133 Å². The van der Waals surface area contributed by atoms with Gasteiger partial charge in [0.1, 0.15) is 12.1 Å². The summed E-state index contributed by atoms with van der Waals surface area (Å²) >= 11 is 0. The number of rotatable bonds is 12. The normalized spacial score (nSPS) is 15.7. The summed E-state index contributed by atoms with van der Waals surface area (Å²) in [4.78, 5) is 64.7. The van der Waals surface area contributed by atoms with E-state index in [4.69, 9.17) is 0 Å². The number of hydrogen-bond acceptors (Lipinski definition) is 5. The van der Waals surface area contributed by atoms with Gasteiger partial charge in [0.25, 0.3) is 11.8 Å². The number of hydrogen-bond donors (Lipinski definition) is 4. The molecule has 0 heterocycles. The van der Waals surface area contributed by atoms with E-state index in [1.807, 2.05) is 0 Å². The number of ketones is 1. The van der Waals surface area contributed by atoms with Crippen LogP contribution in [0.2, 0.25) is 0 Å². The fourth-order valence-electron chi connectivity index (χ4n) is 4.78. The summed E-state index contributed by atoms with van der Waals surface area (Å²) in [6, 6.07) is 7.65. The van der Waals surface area contributed by atoms with Crippen molar-refractivity contribution in [2.24, 2.45) is 5.92 Å². The zero-order valence-electron chi connectivity index (χ0n) is 24.0. The first-order valence-electron chi connectivity index (χ1n) is 14.2. The van der Waals surface area contributed by atoms with Gasteiger partial charge in [0.15, 0.2) is 11.6 Å². The fourth-order valence-corrected chi connectivity index (χ4v) is 4.78. The molecule has 1 aliphatic rings. The first-order valence-corrected chi connectivity index (χ1v) is 14.2. The molecular formula is C31H38F2N4O5. The minimum Gasteiger partial charge on any atom is -0.347 e. The SMILES string of the molecule is CC(C)[C@H](NC(=O)[C@H](C)NC(=O)[C@@H](Cc1ccc(F)c(F)c1)NC(=O)c1ccccc1)C(=O)C(=O)NC1CCCCC1. The van der Waals surface area contributed by atoms with Crippen LogP contribution in [0.15, 0.2) is 48.5 Å². The third-order valence-electron chi connectivity index (χ3n) is 7.24. The second kappa shape index (κ2) is 15.2. The first kappa shape index (κ1) is 32.4. The summed E-state index contributed by atoms with van der Waals surface area (Å²) < 4.78 is 27.3. The maximum atomic E-state index is 13.8. The van der Waals surface area contributed by atoms with Crippen molar-refractivity contribution in [1.82, 2.24) is 21.3 Å². The average Bonchev–Trinajstić information content (AvgIpc) is 2.97. The molecule has 0 bridgehead atoms. The lowest BCUT2D eigenvalue weighted by atomic mass is 9.94. The van der Waals surface area contributed by atoms with E-state index in [2.05, 4.69) is 21.3 Å². The van der Waals surface area contributed by atoms with Gasteiger partial charge in [0, 0.05) is 18.0 Å². The van der Waals surface area contributed by atoms with Crippen LogP contribution in [0.3, 0.4) is 0 Å². The van der Waals surface area contributed by atoms with Gasteiger partial charge in [-0.3, -0.25) is 24.0 Å². The zero-order valence-corrected chi connectivity index (χ0v) is 24.0. The fraction of sp³-hybridized carbons (Fsp3) is 0.452. The van der Waals surface area contributed by atoms with Crippen LogP contribution in [0, 0.1) is 17.6 Å². The maximum absolute atomic E-state index is 13.8. The third-order valence-corrected chi connectivity index (χ3v) is 7.24. The van der Waals surface area contributed by atoms with Gasteiger partial charge in [-0.15, -0.1) is 0 Å². The molecule has 226 valence electrons. The van der Waals surface area contributed by atoms with Gasteiger partial charge in [-0.1, -0.05) is 57.4 Å². The molecule has 0 saturated heterocycles. The number of carbonyl (C=O) groups excluding carboxylic acids is 5. The lowest BCUT2D eigenvalue weighted by Gasteiger charge is -2.26. The lowest BCUT2D eigenvalue weighted by molar-refractivity contribution is -0.141. The van der Waals surface area contributed by atoms with Gasteiger partial charge in [0.2, 0.25) is 17.6 Å². The standard InChI is InChI=1S/C31H38F2N4O5/c1-18(2)26(27(38)31(42)35-22-12-8-5-9-13-22)37-28(39)19(3)34-30(41)25(17-20-14-15-23(32)24(33)16-20)36-29(40)21-10-6-4-7-11-21/h4,6-7,10-11,14-16,18-19,22,25-26H,5,8-9,12-13,17H2,1-3H3,(H,34,41)(H,35,42)(H,36,40)(H,37,39)/t19-,25+,26-/m0/s1. The van der Waals surface area contributed by atoms with Crippen molar-refractivity contribution in [3.63, 3.8) is 0 Å². The molecule has 4 amide bonds. The summed E-state index contributed by atoms with van der Waals surface area (Å²) in [5.74, 6) is -6.14. The number of carbonyl (C=O) groups is 5. The Hall–Kier alpha value is -4.15. The molecule has 3 atom stereocenters. The van der Waals surface area contributed by atoms with Crippen molar-refractivity contribution < 1.29 is 32.8 Å². The van der Waals surface area contributed by atoms with Crippen LogP contribution in [0.25, 0.3) is 0 Å². The van der Waals surface area contributed by atoms with E-state index in [1.54, 1.807) is 44.2 Å². The van der Waals surface area contributed by atoms with Crippen LogP contribution in [-0.4, -0.2) is 53.6 Å². The van der Waals surface area contributed by atoms with Gasteiger partial charge in [-0.25, -0.2) is 8.78 Å². The Morgan fingerprint density at radius 3 is 2.10 bits per heavy atom. The summed E-state index contributed by atoms with van der Waals surface area (Å²) in [5.41, 5.74) is 0.519. The minimum atomic E-state index is -1.25. The molecule has 1 saturated carbocycles. The molecule has 11 heteroatoms. The van der Waals surface area contributed by atoms with Gasteiger partial charge in [0.05, 0.1) is 6.04 Å². The van der Waals surface area contributed by atoms with Crippen molar-refractivity contribution >= 4 is 29.4 Å². The highest BCUT2D eigenvalue weighted by molar-refractivity contribution is 6.38. The molecule has 4 N–H and O–H groups in total. The Labute approximate surface area is 244 Å². The van der Waals surface area contributed by atoms with Crippen molar-refractivity contribution in [3.05, 3.63) is 71.3 Å². The second-order valence-corrected chi connectivity index (χ2v) is 11.0. The molecule has 1 fully saturated rings. The summed E-state index contributed by atoms with van der Waals surface area (Å²) in [6.45, 7) is 4.78. The predicted octanol–water partition coefficient (Wildman–Crippen LogP) is 2.97. The average molecular weight is 585 g/mol. The van der Waals surface area contributed by atoms with Crippen LogP contribution < -0.4 is 21.3 Å². The summed E-state index contributed by atoms with van der Waals surface area (Å²) in [5, 5.41) is 10.4. The Morgan fingerprint density at radius 2 is 1.48 bits per heavy atom. The van der Waals surface area contributed by atoms with E-state index >= 15 is 0 Å². The number of benzene rings is 2. The van der Waals surface area contributed by atoms with Crippen molar-refractivity contribution in [2.75, 3.05) is 0 Å². The highest BCUT2D eigenvalue weighted by Crippen LogP contribution is 2.17. The van der Waals surface area contributed by atoms with Crippen molar-refractivity contribution in [3.8, 4) is 0 Å². The number of halogens is 2. The van der Waals surface area contributed by atoms with Crippen LogP contribution in [0.5, 0.6) is 0 Å². The predicted molar refractivity (Wildman–Crippen MR) is 152 cm³/mol. The quantitative estimate of drug-likeness (QED) is 0.285. The van der Waals surface area contributed by atoms with E-state index in [0.29, 0.717) is 0 Å². The van der Waals surface area contributed by atoms with E-state index in [0.717, 1.165) is 44.2 Å². The molecule has 0 radical (unpaired) electrons. The number of amides is 4. The van der Waals surface area contributed by atoms with Crippen LogP contribution in [0.1, 0.15) is 68.8 Å². The van der Waals surface area contributed by atoms with Crippen molar-refractivity contribution in [2.45, 2.75) is 83.5 Å². The Kier molecular flexibility index (Phi) is 11.7. The molecule has 3 rings (SSSR count). The van der Waals surface area contributed by atoms with Gasteiger partial charge >= 0.3 is 0 Å². The molecule has 2 aromatic carbocycles. The highest BCUT2D eigenvalue weighted by atomic mass is 19.2. The number of Topliss-reactive ketones (excluding diaryl/α,β-unsaturated/α-hetero) is 1. The Balaban J connectivity index is 1.68. The van der Waals surface area contributed by atoms with E-state index in [9.17, 15) is 32.8 Å². The molecule has 0 spiro atoms. The van der Waals surface area contributed by atoms with Gasteiger partial charge in [-0.2, -0.15) is 0 Å². The molecule has 1 aliphatic carbocycles. The molecular weight excluding hydrogens is 546 g/mol. The third kappa shape index (κ3) is 9.19. The van der Waals surface area contributed by atoms with Gasteiger partial charge in [-0.05, 0) is 55.5 Å². The van der Waals surface area contributed by atoms with Crippen LogP contribution >= 0.6 is 0 Å². The Morgan fingerprint density at radius 1 is 0.810 bits per heavy atom. The van der Waals surface area contributed by atoms with Crippen LogP contribution in [0.4, 0.5) is 8.78 Å². The molecule has 0 aliphatic heterocycles. The highest BCUT2D eigenvalue weighted by Gasteiger charge is 2.33. The first-order chi connectivity index (χ1) is 20.0. The molecule has 0 unspecified atom stereocenters. The van der Waals surface area contributed by atoms with Crippen LogP contribution in [-0.2, 0) is 25.6 Å². The Bertz CT molecular complexity index is 1280. The van der Waals surface area contributed by atoms with E-state index in [-0.39, 0.29) is 23.6 Å². The molecule has 9 nitrogen and oxygen atoms in total. The van der Waals surface area contributed by atoms with E-state index < -0.39 is 65.1 Å². The minimum absolute atomic E-state index is 0.0745. The van der Waals surface area contributed by atoms with E-state index in [1.165, 1.54) is 13.0 Å². The largest absolute Gasteiger partial charge is 0.347 e. The molecule has 2 aromatic rings. The summed E-state index contributed by atoms with van der Waals surface area (Å²) in [6.07, 6.45) is 4.45. The van der Waals surface area contributed by atoms with Gasteiger partial charge < -0.3 is 21.3 Å². The number of nitrogens with one attached hydrogen (secondary N) is 4. The molecule has 0 aromatic heterocycles. The monoisotopic (exact) mass is 584 g/mol.